The molecule has 3 N–H and O–H groups in total. The number of carbonyl (C=O) groups excluding carboxylic acids is 3. The third-order valence-corrected chi connectivity index (χ3v) is 5.08. The number of hydrogen-bond acceptors (Lipinski definition) is 5. The molecule has 1 atom stereocenters. The Balaban J connectivity index is 1.65. The molecule has 0 aromatic heterocycles. The maximum atomic E-state index is 12.6. The van der Waals surface area contributed by atoms with Crippen molar-refractivity contribution in [1.29, 1.82) is 0 Å². The van der Waals surface area contributed by atoms with Crippen molar-refractivity contribution in [3.8, 4) is 0 Å². The number of carbonyl (C=O) groups is 4. The van der Waals surface area contributed by atoms with Crippen LogP contribution in [0.1, 0.15) is 41.6 Å². The van der Waals surface area contributed by atoms with E-state index in [2.05, 4.69) is 10.6 Å². The molecule has 1 aromatic rings. The maximum absolute atomic E-state index is 12.6. The summed E-state index contributed by atoms with van der Waals surface area (Å²) >= 11 is 0. The summed E-state index contributed by atoms with van der Waals surface area (Å²) in [6, 6.07) is 6.79. The van der Waals surface area contributed by atoms with Crippen LogP contribution < -0.4 is 10.6 Å². The number of imide groups is 1. The number of nitrogens with one attached hydrogen (secondary N) is 2. The Bertz CT molecular complexity index is 752. The zero-order valence-corrected chi connectivity index (χ0v) is 14.8. The highest BCUT2D eigenvalue weighted by molar-refractivity contribution is 6.03. The van der Waals surface area contributed by atoms with E-state index < -0.39 is 11.5 Å². The normalized spacial score (nSPS) is 21.6. The van der Waals surface area contributed by atoms with Gasteiger partial charge in [0.15, 0.2) is 0 Å². The van der Waals surface area contributed by atoms with Crippen molar-refractivity contribution >= 4 is 23.7 Å². The molecule has 8 nitrogen and oxygen atoms in total. The van der Waals surface area contributed by atoms with Gasteiger partial charge < -0.3 is 15.2 Å². The van der Waals surface area contributed by atoms with Gasteiger partial charge in [-0.1, -0.05) is 12.1 Å². The first kappa shape index (κ1) is 19.0. The molecule has 0 saturated carbocycles. The lowest BCUT2D eigenvalue weighted by molar-refractivity contribution is -0.139. The van der Waals surface area contributed by atoms with Crippen molar-refractivity contribution in [1.82, 2.24) is 10.6 Å². The molecule has 8 heteroatoms. The molecule has 0 bridgehead atoms. The fourth-order valence-corrected chi connectivity index (χ4v) is 3.56. The van der Waals surface area contributed by atoms with Gasteiger partial charge in [0.05, 0.1) is 17.9 Å². The summed E-state index contributed by atoms with van der Waals surface area (Å²) in [5, 5.41) is 14.3. The molecule has 2 saturated heterocycles. The third-order valence-electron chi connectivity index (χ3n) is 5.08. The molecule has 2 aliphatic heterocycles. The molecule has 1 unspecified atom stereocenters. The first-order valence-electron chi connectivity index (χ1n) is 8.92. The number of ether oxygens (including phenoxy) is 1. The Labute approximate surface area is 156 Å². The first-order chi connectivity index (χ1) is 12.9. The Morgan fingerprint density at radius 1 is 1.19 bits per heavy atom. The average Bonchev–Trinajstić information content (AvgIpc) is 2.92. The van der Waals surface area contributed by atoms with E-state index in [-0.39, 0.29) is 36.5 Å². The van der Waals surface area contributed by atoms with Crippen molar-refractivity contribution < 1.29 is 29.0 Å². The van der Waals surface area contributed by atoms with Gasteiger partial charge in [-0.2, -0.15) is 0 Å². The van der Waals surface area contributed by atoms with E-state index in [4.69, 9.17) is 4.74 Å². The molecule has 2 heterocycles. The van der Waals surface area contributed by atoms with Crippen LogP contribution in [0.2, 0.25) is 0 Å². The minimum atomic E-state index is -0.961. The van der Waals surface area contributed by atoms with Gasteiger partial charge in [-0.25, -0.2) is 0 Å². The largest absolute Gasteiger partial charge is 0.481 e. The zero-order valence-electron chi connectivity index (χ0n) is 14.8. The van der Waals surface area contributed by atoms with E-state index in [0.717, 1.165) is 5.56 Å². The second-order valence-corrected chi connectivity index (χ2v) is 7.13. The Morgan fingerprint density at radius 2 is 1.85 bits per heavy atom. The van der Waals surface area contributed by atoms with Crippen molar-refractivity contribution in [2.45, 2.75) is 37.6 Å². The van der Waals surface area contributed by atoms with Crippen LogP contribution in [0.25, 0.3) is 0 Å². The molecule has 2 aliphatic rings. The van der Waals surface area contributed by atoms with Crippen LogP contribution in [0.3, 0.4) is 0 Å². The van der Waals surface area contributed by atoms with Crippen LogP contribution in [0.15, 0.2) is 24.3 Å². The Kier molecular flexibility index (Phi) is 5.55. The lowest BCUT2D eigenvalue weighted by Gasteiger charge is -2.36. The topological polar surface area (TPSA) is 122 Å². The van der Waals surface area contributed by atoms with E-state index >= 15 is 0 Å². The second-order valence-electron chi connectivity index (χ2n) is 7.13. The van der Waals surface area contributed by atoms with Crippen molar-refractivity contribution in [2.24, 2.45) is 5.92 Å². The van der Waals surface area contributed by atoms with Crippen molar-refractivity contribution in [2.75, 3.05) is 13.2 Å². The molecule has 3 amide bonds. The number of aliphatic carboxylic acids is 1. The summed E-state index contributed by atoms with van der Waals surface area (Å²) in [6.07, 6.45) is 1.37. The molecule has 27 heavy (non-hydrogen) atoms. The molecule has 2 fully saturated rings. The molecule has 0 aliphatic carbocycles. The molecular formula is C19H22N2O6. The standard InChI is InChI=1S/C19H22N2O6/c22-15-10-14(17(25)20-15)9-12-1-3-13(4-2-12)18(26)21-19(11-16(23)24)5-7-27-8-6-19/h1-4,14H,5-11H2,(H,21,26)(H,23,24)(H,20,22,25). The molecule has 1 aromatic carbocycles. The van der Waals surface area contributed by atoms with Crippen molar-refractivity contribution in [3.05, 3.63) is 35.4 Å². The summed E-state index contributed by atoms with van der Waals surface area (Å²) in [4.78, 5) is 46.7. The summed E-state index contributed by atoms with van der Waals surface area (Å²) < 4.78 is 5.29. The monoisotopic (exact) mass is 374 g/mol. The predicted octanol–water partition coefficient (Wildman–Crippen LogP) is 0.645. The van der Waals surface area contributed by atoms with E-state index in [1.54, 1.807) is 24.3 Å². The third kappa shape index (κ3) is 4.71. The van der Waals surface area contributed by atoms with Gasteiger partial charge in [-0.05, 0) is 37.0 Å². The van der Waals surface area contributed by atoms with Crippen LogP contribution in [0, 0.1) is 5.92 Å². The van der Waals surface area contributed by atoms with Crippen molar-refractivity contribution in [3.63, 3.8) is 0 Å². The Morgan fingerprint density at radius 3 is 2.41 bits per heavy atom. The average molecular weight is 374 g/mol. The first-order valence-corrected chi connectivity index (χ1v) is 8.92. The fourth-order valence-electron chi connectivity index (χ4n) is 3.56. The maximum Gasteiger partial charge on any atom is 0.305 e. The summed E-state index contributed by atoms with van der Waals surface area (Å²) in [7, 11) is 0. The number of amides is 3. The molecule has 0 radical (unpaired) electrons. The van der Waals surface area contributed by atoms with Gasteiger partial charge in [-0.15, -0.1) is 0 Å². The molecule has 0 spiro atoms. The second kappa shape index (κ2) is 7.87. The van der Waals surface area contributed by atoms with Crippen LogP contribution in [-0.4, -0.2) is 47.6 Å². The van der Waals surface area contributed by atoms with Gasteiger partial charge in [0.25, 0.3) is 5.91 Å². The highest BCUT2D eigenvalue weighted by Gasteiger charge is 2.36. The van der Waals surface area contributed by atoms with Gasteiger partial charge in [-0.3, -0.25) is 24.5 Å². The minimum Gasteiger partial charge on any atom is -0.481 e. The van der Waals surface area contributed by atoms with Gasteiger partial charge in [0.1, 0.15) is 0 Å². The molecular weight excluding hydrogens is 352 g/mol. The number of carboxylic acid groups (broad SMARTS) is 1. The van der Waals surface area contributed by atoms with E-state index in [1.165, 1.54) is 0 Å². The zero-order chi connectivity index (χ0) is 19.4. The fraction of sp³-hybridized carbons (Fsp3) is 0.474. The van der Waals surface area contributed by atoms with Gasteiger partial charge in [0.2, 0.25) is 11.8 Å². The number of carboxylic acids is 1. The summed E-state index contributed by atoms with van der Waals surface area (Å²) in [6.45, 7) is 0.823. The van der Waals surface area contributed by atoms with Crippen LogP contribution >= 0.6 is 0 Å². The quantitative estimate of drug-likeness (QED) is 0.629. The van der Waals surface area contributed by atoms with E-state index in [0.29, 0.717) is 38.0 Å². The number of hydrogen-bond donors (Lipinski definition) is 3. The SMILES string of the molecule is O=C(O)CC1(NC(=O)c2ccc(CC3CC(=O)NC3=O)cc2)CCOCC1. The van der Waals surface area contributed by atoms with Crippen LogP contribution in [0.4, 0.5) is 0 Å². The minimum absolute atomic E-state index is 0.148. The predicted molar refractivity (Wildman–Crippen MR) is 93.9 cm³/mol. The molecule has 144 valence electrons. The highest BCUT2D eigenvalue weighted by Crippen LogP contribution is 2.25. The van der Waals surface area contributed by atoms with Crippen LogP contribution in [0.5, 0.6) is 0 Å². The van der Waals surface area contributed by atoms with Crippen LogP contribution in [-0.2, 0) is 25.5 Å². The number of rotatable bonds is 6. The summed E-state index contributed by atoms with van der Waals surface area (Å²) in [5.41, 5.74) is 0.469. The lowest BCUT2D eigenvalue weighted by atomic mass is 9.86. The molecule has 3 rings (SSSR count). The highest BCUT2D eigenvalue weighted by atomic mass is 16.5. The van der Waals surface area contributed by atoms with Gasteiger partial charge in [0, 0.05) is 25.2 Å². The van der Waals surface area contributed by atoms with Gasteiger partial charge >= 0.3 is 5.97 Å². The Hall–Kier alpha value is -2.74. The van der Waals surface area contributed by atoms with E-state index in [1.807, 2.05) is 0 Å². The number of benzene rings is 1. The van der Waals surface area contributed by atoms with E-state index in [9.17, 15) is 24.3 Å². The lowest BCUT2D eigenvalue weighted by Crippen LogP contribution is -2.53. The smallest absolute Gasteiger partial charge is 0.305 e. The summed E-state index contributed by atoms with van der Waals surface area (Å²) in [5.74, 6) is -2.20.